The van der Waals surface area contributed by atoms with Gasteiger partial charge in [-0.05, 0) is 20.8 Å². The standard InChI is InChI=1S/C9H18N2OS/c1-7(10)8(12)11-4-5-13-9(2,3)6-11/h7H,4-6,10H2,1-3H3. The van der Waals surface area contributed by atoms with E-state index in [1.165, 1.54) is 0 Å². The molecule has 1 heterocycles. The Morgan fingerprint density at radius 3 is 2.69 bits per heavy atom. The maximum Gasteiger partial charge on any atom is 0.239 e. The molecule has 0 aliphatic carbocycles. The number of carbonyl (C=O) groups is 1. The molecule has 76 valence electrons. The Labute approximate surface area is 84.0 Å². The Hall–Kier alpha value is -0.220. The Bertz CT molecular complexity index is 204. The molecule has 1 amide bonds. The lowest BCUT2D eigenvalue weighted by atomic mass is 10.1. The molecule has 0 aromatic carbocycles. The van der Waals surface area contributed by atoms with Gasteiger partial charge in [-0.15, -0.1) is 0 Å². The highest BCUT2D eigenvalue weighted by molar-refractivity contribution is 8.00. The fourth-order valence-corrected chi connectivity index (χ4v) is 2.60. The Balaban J connectivity index is 2.57. The first-order chi connectivity index (χ1) is 5.92. The van der Waals surface area contributed by atoms with Crippen LogP contribution in [0, 0.1) is 0 Å². The lowest BCUT2D eigenvalue weighted by molar-refractivity contribution is -0.132. The Morgan fingerprint density at radius 2 is 2.23 bits per heavy atom. The van der Waals surface area contributed by atoms with Gasteiger partial charge >= 0.3 is 0 Å². The molecule has 0 spiro atoms. The van der Waals surface area contributed by atoms with Crippen molar-refractivity contribution in [3.8, 4) is 0 Å². The first kappa shape index (κ1) is 10.9. The zero-order valence-corrected chi connectivity index (χ0v) is 9.36. The molecule has 3 nitrogen and oxygen atoms in total. The molecule has 0 aromatic rings. The molecule has 0 aromatic heterocycles. The van der Waals surface area contributed by atoms with Gasteiger partial charge in [-0.1, -0.05) is 0 Å². The summed E-state index contributed by atoms with van der Waals surface area (Å²) in [6, 6.07) is -0.362. The molecule has 1 atom stereocenters. The van der Waals surface area contributed by atoms with Crippen molar-refractivity contribution in [1.82, 2.24) is 4.90 Å². The van der Waals surface area contributed by atoms with E-state index in [9.17, 15) is 4.79 Å². The molecule has 1 aliphatic heterocycles. The summed E-state index contributed by atoms with van der Waals surface area (Å²) in [5, 5.41) is 0. The predicted molar refractivity (Wildman–Crippen MR) is 56.8 cm³/mol. The van der Waals surface area contributed by atoms with Crippen LogP contribution in [0.2, 0.25) is 0 Å². The summed E-state index contributed by atoms with van der Waals surface area (Å²) < 4.78 is 0.183. The van der Waals surface area contributed by atoms with Gasteiger partial charge in [-0.3, -0.25) is 4.79 Å². The molecule has 1 fully saturated rings. The summed E-state index contributed by atoms with van der Waals surface area (Å²) in [4.78, 5) is 13.5. The van der Waals surface area contributed by atoms with Crippen LogP contribution in [0.4, 0.5) is 0 Å². The summed E-state index contributed by atoms with van der Waals surface area (Å²) >= 11 is 1.92. The Kier molecular flexibility index (Phi) is 3.24. The molecule has 1 unspecified atom stereocenters. The summed E-state index contributed by atoms with van der Waals surface area (Å²) in [5.74, 6) is 1.10. The lowest BCUT2D eigenvalue weighted by Gasteiger charge is -2.38. The molecule has 1 saturated heterocycles. The fourth-order valence-electron chi connectivity index (χ4n) is 1.49. The van der Waals surface area contributed by atoms with E-state index in [2.05, 4.69) is 13.8 Å². The number of nitrogens with two attached hydrogens (primary N) is 1. The third-order valence-corrected chi connectivity index (χ3v) is 3.42. The molecule has 13 heavy (non-hydrogen) atoms. The minimum Gasteiger partial charge on any atom is -0.339 e. The number of thioether (sulfide) groups is 1. The molecule has 0 saturated carbocycles. The van der Waals surface area contributed by atoms with Gasteiger partial charge < -0.3 is 10.6 Å². The van der Waals surface area contributed by atoms with E-state index in [1.54, 1.807) is 6.92 Å². The van der Waals surface area contributed by atoms with E-state index in [0.29, 0.717) is 0 Å². The number of rotatable bonds is 1. The molecule has 2 N–H and O–H groups in total. The van der Waals surface area contributed by atoms with E-state index in [-0.39, 0.29) is 16.7 Å². The smallest absolute Gasteiger partial charge is 0.239 e. The van der Waals surface area contributed by atoms with E-state index < -0.39 is 0 Å². The van der Waals surface area contributed by atoms with Gasteiger partial charge in [0.15, 0.2) is 0 Å². The molecule has 0 radical (unpaired) electrons. The molecular weight excluding hydrogens is 184 g/mol. The fraction of sp³-hybridized carbons (Fsp3) is 0.889. The molecule has 1 rings (SSSR count). The average molecular weight is 202 g/mol. The topological polar surface area (TPSA) is 46.3 Å². The minimum absolute atomic E-state index is 0.0772. The van der Waals surface area contributed by atoms with Crippen LogP contribution in [0.15, 0.2) is 0 Å². The highest BCUT2D eigenvalue weighted by atomic mass is 32.2. The van der Waals surface area contributed by atoms with Crippen LogP contribution in [0.5, 0.6) is 0 Å². The van der Waals surface area contributed by atoms with Crippen LogP contribution in [0.3, 0.4) is 0 Å². The SMILES string of the molecule is CC(N)C(=O)N1CCSC(C)(C)C1. The van der Waals surface area contributed by atoms with Crippen molar-refractivity contribution < 1.29 is 4.79 Å². The second-order valence-electron chi connectivity index (χ2n) is 4.16. The van der Waals surface area contributed by atoms with Crippen LogP contribution in [-0.2, 0) is 4.79 Å². The van der Waals surface area contributed by atoms with Gasteiger partial charge in [0.05, 0.1) is 6.04 Å². The number of carbonyl (C=O) groups excluding carboxylic acids is 1. The number of amides is 1. The second-order valence-corrected chi connectivity index (χ2v) is 5.96. The van der Waals surface area contributed by atoms with Crippen LogP contribution in [-0.4, -0.2) is 40.4 Å². The molecule has 4 heteroatoms. The van der Waals surface area contributed by atoms with Crippen LogP contribution < -0.4 is 5.73 Å². The highest BCUT2D eigenvalue weighted by Gasteiger charge is 2.30. The predicted octanol–water partition coefficient (Wildman–Crippen LogP) is 0.688. The minimum atomic E-state index is -0.362. The van der Waals surface area contributed by atoms with Gasteiger partial charge in [0.2, 0.25) is 5.91 Å². The van der Waals surface area contributed by atoms with Crippen LogP contribution in [0.25, 0.3) is 0 Å². The monoisotopic (exact) mass is 202 g/mol. The normalized spacial score (nSPS) is 24.2. The largest absolute Gasteiger partial charge is 0.339 e. The summed E-state index contributed by atoms with van der Waals surface area (Å²) in [6.45, 7) is 7.74. The summed E-state index contributed by atoms with van der Waals surface area (Å²) in [5.41, 5.74) is 5.56. The van der Waals surface area contributed by atoms with Gasteiger partial charge in [-0.25, -0.2) is 0 Å². The van der Waals surface area contributed by atoms with Crippen molar-refractivity contribution in [1.29, 1.82) is 0 Å². The van der Waals surface area contributed by atoms with Crippen LogP contribution >= 0.6 is 11.8 Å². The summed E-state index contributed by atoms with van der Waals surface area (Å²) in [7, 11) is 0. The van der Waals surface area contributed by atoms with Crippen molar-refractivity contribution in [3.05, 3.63) is 0 Å². The first-order valence-electron chi connectivity index (χ1n) is 4.61. The Morgan fingerprint density at radius 1 is 1.62 bits per heavy atom. The molecule has 1 aliphatic rings. The van der Waals surface area contributed by atoms with Crippen molar-refractivity contribution >= 4 is 17.7 Å². The molecular formula is C9H18N2OS. The average Bonchev–Trinajstić information content (AvgIpc) is 2.01. The van der Waals surface area contributed by atoms with Crippen molar-refractivity contribution in [3.63, 3.8) is 0 Å². The van der Waals surface area contributed by atoms with Crippen molar-refractivity contribution in [2.45, 2.75) is 31.6 Å². The quantitative estimate of drug-likeness (QED) is 0.680. The first-order valence-corrected chi connectivity index (χ1v) is 5.59. The van der Waals surface area contributed by atoms with E-state index in [1.807, 2.05) is 16.7 Å². The van der Waals surface area contributed by atoms with E-state index in [4.69, 9.17) is 5.73 Å². The van der Waals surface area contributed by atoms with E-state index in [0.717, 1.165) is 18.8 Å². The van der Waals surface area contributed by atoms with Gasteiger partial charge in [-0.2, -0.15) is 11.8 Å². The van der Waals surface area contributed by atoms with Gasteiger partial charge in [0.1, 0.15) is 0 Å². The number of hydrogen-bond donors (Lipinski definition) is 1. The third kappa shape index (κ3) is 2.88. The maximum absolute atomic E-state index is 11.6. The van der Waals surface area contributed by atoms with Gasteiger partial charge in [0.25, 0.3) is 0 Å². The third-order valence-electron chi connectivity index (χ3n) is 2.13. The van der Waals surface area contributed by atoms with Crippen molar-refractivity contribution in [2.75, 3.05) is 18.8 Å². The lowest BCUT2D eigenvalue weighted by Crippen LogP contribution is -2.50. The second kappa shape index (κ2) is 3.88. The van der Waals surface area contributed by atoms with Crippen LogP contribution in [0.1, 0.15) is 20.8 Å². The summed E-state index contributed by atoms with van der Waals surface area (Å²) in [6.07, 6.45) is 0. The number of hydrogen-bond acceptors (Lipinski definition) is 3. The zero-order chi connectivity index (χ0) is 10.1. The molecule has 0 bridgehead atoms. The van der Waals surface area contributed by atoms with Crippen molar-refractivity contribution in [2.24, 2.45) is 5.73 Å². The highest BCUT2D eigenvalue weighted by Crippen LogP contribution is 2.29. The number of nitrogens with zero attached hydrogens (tertiary/aromatic N) is 1. The zero-order valence-electron chi connectivity index (χ0n) is 8.54. The van der Waals surface area contributed by atoms with E-state index >= 15 is 0 Å². The maximum atomic E-state index is 11.6. The van der Waals surface area contributed by atoms with Gasteiger partial charge in [0, 0.05) is 23.6 Å².